The van der Waals surface area contributed by atoms with Gasteiger partial charge in [0.2, 0.25) is 0 Å². The molecule has 1 aliphatic rings. The van der Waals surface area contributed by atoms with Gasteiger partial charge in [-0.2, -0.15) is 13.2 Å². The summed E-state index contributed by atoms with van der Waals surface area (Å²) in [4.78, 5) is 2.27. The van der Waals surface area contributed by atoms with Crippen LogP contribution in [-0.4, -0.2) is 31.1 Å². The fraction of sp³-hybridized carbons (Fsp3) is 0.368. The van der Waals surface area contributed by atoms with E-state index >= 15 is 0 Å². The Morgan fingerprint density at radius 1 is 0.875 bits per heavy atom. The molecule has 1 aliphatic heterocycles. The van der Waals surface area contributed by atoms with Crippen molar-refractivity contribution < 1.29 is 13.2 Å². The molecule has 5 heteroatoms. The van der Waals surface area contributed by atoms with Crippen molar-refractivity contribution in [3.8, 4) is 0 Å². The van der Waals surface area contributed by atoms with Gasteiger partial charge in [-0.05, 0) is 36.2 Å². The topological polar surface area (TPSA) is 15.3 Å². The minimum Gasteiger partial charge on any atom is -0.315 e. The molecule has 1 heterocycles. The number of halogens is 3. The highest BCUT2D eigenvalue weighted by Gasteiger charge is 2.32. The van der Waals surface area contributed by atoms with Gasteiger partial charge in [-0.15, -0.1) is 0 Å². The van der Waals surface area contributed by atoms with E-state index in [1.54, 1.807) is 6.07 Å². The van der Waals surface area contributed by atoms with E-state index in [0.29, 0.717) is 5.56 Å². The lowest BCUT2D eigenvalue weighted by atomic mass is 9.95. The summed E-state index contributed by atoms with van der Waals surface area (Å²) in [6.45, 7) is 3.47. The van der Waals surface area contributed by atoms with Crippen molar-refractivity contribution in [2.75, 3.05) is 26.2 Å². The van der Waals surface area contributed by atoms with Gasteiger partial charge in [0.25, 0.3) is 0 Å². The van der Waals surface area contributed by atoms with Crippen LogP contribution in [0.5, 0.6) is 0 Å². The van der Waals surface area contributed by atoms with Crippen molar-refractivity contribution in [1.29, 1.82) is 0 Å². The second-order valence-corrected chi connectivity index (χ2v) is 6.08. The van der Waals surface area contributed by atoms with E-state index in [4.69, 9.17) is 0 Å². The quantitative estimate of drug-likeness (QED) is 0.909. The molecule has 3 rings (SSSR count). The van der Waals surface area contributed by atoms with Gasteiger partial charge in [-0.1, -0.05) is 42.5 Å². The predicted octanol–water partition coefficient (Wildman–Crippen LogP) is 4.09. The summed E-state index contributed by atoms with van der Waals surface area (Å²) < 4.78 is 39.4. The minimum absolute atomic E-state index is 0.159. The van der Waals surface area contributed by atoms with Crippen molar-refractivity contribution in [3.63, 3.8) is 0 Å². The molecule has 128 valence electrons. The van der Waals surface area contributed by atoms with E-state index in [9.17, 15) is 13.2 Å². The Hall–Kier alpha value is -1.85. The molecule has 0 radical (unpaired) electrons. The van der Waals surface area contributed by atoms with E-state index in [-0.39, 0.29) is 6.04 Å². The van der Waals surface area contributed by atoms with Crippen LogP contribution in [0.2, 0.25) is 0 Å². The lowest BCUT2D eigenvalue weighted by Gasteiger charge is -2.31. The third-order valence-corrected chi connectivity index (χ3v) is 4.38. The second-order valence-electron chi connectivity index (χ2n) is 6.08. The Balaban J connectivity index is 2.01. The molecule has 1 N–H and O–H groups in total. The molecule has 1 saturated heterocycles. The van der Waals surface area contributed by atoms with Crippen LogP contribution >= 0.6 is 0 Å². The van der Waals surface area contributed by atoms with Crippen LogP contribution in [0.4, 0.5) is 13.2 Å². The molecule has 24 heavy (non-hydrogen) atoms. The van der Waals surface area contributed by atoms with Crippen LogP contribution in [0.1, 0.15) is 29.2 Å². The van der Waals surface area contributed by atoms with Gasteiger partial charge >= 0.3 is 6.18 Å². The van der Waals surface area contributed by atoms with Crippen LogP contribution < -0.4 is 5.32 Å². The first-order chi connectivity index (χ1) is 11.6. The van der Waals surface area contributed by atoms with Crippen molar-refractivity contribution in [2.24, 2.45) is 0 Å². The summed E-state index contributed by atoms with van der Waals surface area (Å²) >= 11 is 0. The van der Waals surface area contributed by atoms with Gasteiger partial charge in [0.05, 0.1) is 11.6 Å². The van der Waals surface area contributed by atoms with Crippen LogP contribution in [0, 0.1) is 0 Å². The average molecular weight is 334 g/mol. The maximum absolute atomic E-state index is 13.1. The molecular weight excluding hydrogens is 313 g/mol. The molecule has 0 aromatic heterocycles. The highest BCUT2D eigenvalue weighted by Crippen LogP contribution is 2.34. The van der Waals surface area contributed by atoms with Crippen LogP contribution in [-0.2, 0) is 6.18 Å². The Labute approximate surface area is 140 Å². The van der Waals surface area contributed by atoms with Crippen molar-refractivity contribution in [2.45, 2.75) is 18.6 Å². The highest BCUT2D eigenvalue weighted by atomic mass is 19.4. The van der Waals surface area contributed by atoms with Gasteiger partial charge in [-0.3, -0.25) is 4.90 Å². The van der Waals surface area contributed by atoms with Crippen LogP contribution in [0.25, 0.3) is 0 Å². The van der Waals surface area contributed by atoms with Crippen molar-refractivity contribution in [1.82, 2.24) is 10.2 Å². The van der Waals surface area contributed by atoms with E-state index in [1.165, 1.54) is 12.1 Å². The van der Waals surface area contributed by atoms with Crippen LogP contribution in [0.15, 0.2) is 54.6 Å². The molecule has 2 nitrogen and oxygen atoms in total. The van der Waals surface area contributed by atoms with Gasteiger partial charge in [-0.25, -0.2) is 0 Å². The van der Waals surface area contributed by atoms with E-state index in [1.807, 2.05) is 30.3 Å². The largest absolute Gasteiger partial charge is 0.416 e. The van der Waals surface area contributed by atoms with Gasteiger partial charge < -0.3 is 5.32 Å². The molecule has 0 amide bonds. The van der Waals surface area contributed by atoms with E-state index in [2.05, 4.69) is 10.2 Å². The fourth-order valence-electron chi connectivity index (χ4n) is 3.26. The number of nitrogens with one attached hydrogen (secondary N) is 1. The Kier molecular flexibility index (Phi) is 5.21. The Morgan fingerprint density at radius 3 is 2.38 bits per heavy atom. The molecule has 0 spiro atoms. The maximum Gasteiger partial charge on any atom is 0.416 e. The molecule has 0 bridgehead atoms. The van der Waals surface area contributed by atoms with E-state index in [0.717, 1.165) is 44.2 Å². The molecule has 1 fully saturated rings. The summed E-state index contributed by atoms with van der Waals surface area (Å²) in [6, 6.07) is 15.3. The molecule has 0 aliphatic carbocycles. The Bertz CT molecular complexity index is 647. The average Bonchev–Trinajstić information content (AvgIpc) is 2.85. The molecule has 1 atom stereocenters. The molecule has 2 aromatic rings. The fourth-order valence-corrected chi connectivity index (χ4v) is 3.26. The second kappa shape index (κ2) is 7.36. The first kappa shape index (κ1) is 17.0. The normalized spacial score (nSPS) is 18.1. The highest BCUT2D eigenvalue weighted by molar-refractivity contribution is 5.35. The summed E-state index contributed by atoms with van der Waals surface area (Å²) in [5, 5.41) is 3.35. The number of alkyl halides is 3. The molecular formula is C19H21F3N2. The molecule has 1 unspecified atom stereocenters. The summed E-state index contributed by atoms with van der Waals surface area (Å²) in [5.41, 5.74) is 1.13. The zero-order valence-electron chi connectivity index (χ0n) is 13.4. The zero-order valence-corrected chi connectivity index (χ0v) is 13.4. The monoisotopic (exact) mass is 334 g/mol. The first-order valence-electron chi connectivity index (χ1n) is 8.22. The van der Waals surface area contributed by atoms with Gasteiger partial charge in [0.15, 0.2) is 0 Å². The smallest absolute Gasteiger partial charge is 0.315 e. The summed E-state index contributed by atoms with van der Waals surface area (Å²) in [7, 11) is 0. The third-order valence-electron chi connectivity index (χ3n) is 4.38. The number of hydrogen-bond acceptors (Lipinski definition) is 2. The van der Waals surface area contributed by atoms with Gasteiger partial charge in [0, 0.05) is 19.6 Å². The summed E-state index contributed by atoms with van der Waals surface area (Å²) in [5.74, 6) is 0. The first-order valence-corrected chi connectivity index (χ1v) is 8.22. The van der Waals surface area contributed by atoms with E-state index < -0.39 is 11.7 Å². The number of benzene rings is 2. The lowest BCUT2D eigenvalue weighted by Crippen LogP contribution is -2.33. The predicted molar refractivity (Wildman–Crippen MR) is 88.8 cm³/mol. The van der Waals surface area contributed by atoms with Crippen LogP contribution in [0.3, 0.4) is 0 Å². The zero-order chi connectivity index (χ0) is 17.0. The van der Waals surface area contributed by atoms with Crippen molar-refractivity contribution in [3.05, 3.63) is 71.3 Å². The number of nitrogens with zero attached hydrogens (tertiary/aromatic N) is 1. The standard InChI is InChI=1S/C19H21F3N2/c20-19(21,22)17-9-4-8-16(14-17)18(15-6-2-1-3-7-15)24-12-5-10-23-11-13-24/h1-4,6-9,14,18,23H,5,10-13H2. The van der Waals surface area contributed by atoms with Gasteiger partial charge in [0.1, 0.15) is 0 Å². The molecule has 2 aromatic carbocycles. The van der Waals surface area contributed by atoms with Crippen molar-refractivity contribution >= 4 is 0 Å². The third kappa shape index (κ3) is 3.97. The number of hydrogen-bond donors (Lipinski definition) is 1. The summed E-state index contributed by atoms with van der Waals surface area (Å²) in [6.07, 6.45) is -3.33. The lowest BCUT2D eigenvalue weighted by molar-refractivity contribution is -0.137. The SMILES string of the molecule is FC(F)(F)c1cccc(C(c2ccccc2)N2CCCNCC2)c1. The Morgan fingerprint density at radius 2 is 1.62 bits per heavy atom. The molecule has 0 saturated carbocycles. The number of rotatable bonds is 3. The minimum atomic E-state index is -4.32. The maximum atomic E-state index is 13.1.